The number of aromatic hydroxyl groups is 1. The molecule has 0 fully saturated rings. The number of pyridine rings is 1. The number of methoxy groups -OCH3 is 1. The molecular formula is C26H25ClN4O4S. The lowest BCUT2D eigenvalue weighted by atomic mass is 10.0. The first-order chi connectivity index (χ1) is 17.2. The Labute approximate surface area is 213 Å². The first-order valence-corrected chi connectivity index (χ1v) is 13.3. The van der Waals surface area contributed by atoms with Gasteiger partial charge in [-0.1, -0.05) is 11.6 Å². The molecule has 36 heavy (non-hydrogen) atoms. The molecule has 2 N–H and O–H groups in total. The molecule has 3 aromatic heterocycles. The summed E-state index contributed by atoms with van der Waals surface area (Å²) in [4.78, 5) is 3.99. The van der Waals surface area contributed by atoms with Crippen LogP contribution in [0.5, 0.6) is 11.6 Å². The number of aromatic nitrogens is 3. The van der Waals surface area contributed by atoms with Crippen molar-refractivity contribution in [1.29, 1.82) is 0 Å². The molecule has 0 saturated heterocycles. The summed E-state index contributed by atoms with van der Waals surface area (Å²) in [6.07, 6.45) is 5.37. The maximum absolute atomic E-state index is 12.5. The molecule has 5 aromatic rings. The fraction of sp³-hybridized carbons (Fsp3) is 0.192. The molecule has 2 aromatic carbocycles. The number of anilines is 1. The van der Waals surface area contributed by atoms with Gasteiger partial charge >= 0.3 is 0 Å². The molecule has 10 heteroatoms. The monoisotopic (exact) mass is 524 g/mol. The van der Waals surface area contributed by atoms with Gasteiger partial charge in [0, 0.05) is 52.6 Å². The van der Waals surface area contributed by atoms with Gasteiger partial charge in [-0.2, -0.15) is 0 Å². The molecule has 0 atom stereocenters. The van der Waals surface area contributed by atoms with Crippen LogP contribution < -0.4 is 9.46 Å². The van der Waals surface area contributed by atoms with Crippen molar-refractivity contribution in [3.05, 3.63) is 71.6 Å². The molecule has 0 radical (unpaired) electrons. The van der Waals surface area contributed by atoms with Crippen LogP contribution >= 0.6 is 11.6 Å². The lowest BCUT2D eigenvalue weighted by molar-refractivity contribution is 0.408. The third kappa shape index (κ3) is 4.25. The Morgan fingerprint density at radius 2 is 1.94 bits per heavy atom. The van der Waals surface area contributed by atoms with Crippen molar-refractivity contribution in [1.82, 2.24) is 14.1 Å². The third-order valence-corrected chi connectivity index (χ3v) is 7.83. The minimum absolute atomic E-state index is 0.0487. The number of rotatable bonds is 7. The summed E-state index contributed by atoms with van der Waals surface area (Å²) >= 11 is 6.25. The smallest absolute Gasteiger partial charge is 0.236 e. The number of sulfonamides is 1. The van der Waals surface area contributed by atoms with E-state index >= 15 is 0 Å². The van der Waals surface area contributed by atoms with E-state index < -0.39 is 10.0 Å². The minimum Gasteiger partial charge on any atom is -0.496 e. The van der Waals surface area contributed by atoms with Crippen molar-refractivity contribution in [2.75, 3.05) is 17.6 Å². The van der Waals surface area contributed by atoms with Gasteiger partial charge in [0.05, 0.1) is 30.6 Å². The number of aryl methyl sites for hydroxylation is 1. The fourth-order valence-corrected chi connectivity index (χ4v) is 5.38. The molecule has 0 unspecified atom stereocenters. The maximum atomic E-state index is 12.5. The van der Waals surface area contributed by atoms with Crippen LogP contribution in [0.15, 0.2) is 61.1 Å². The van der Waals surface area contributed by atoms with E-state index in [-0.39, 0.29) is 11.6 Å². The zero-order chi connectivity index (χ0) is 25.6. The van der Waals surface area contributed by atoms with Crippen LogP contribution in [0.3, 0.4) is 0 Å². The minimum atomic E-state index is -3.52. The molecule has 0 saturated carbocycles. The number of halogens is 1. The number of hydrogen-bond acceptors (Lipinski definition) is 5. The summed E-state index contributed by atoms with van der Waals surface area (Å²) < 4.78 is 37.2. The number of nitrogens with zero attached hydrogens (tertiary/aromatic N) is 3. The van der Waals surface area contributed by atoms with E-state index in [9.17, 15) is 13.5 Å². The second-order valence-electron chi connectivity index (χ2n) is 8.55. The van der Waals surface area contributed by atoms with Crippen LogP contribution in [0.4, 0.5) is 5.69 Å². The summed E-state index contributed by atoms with van der Waals surface area (Å²) in [5.41, 5.74) is 4.45. The average molecular weight is 525 g/mol. The van der Waals surface area contributed by atoms with E-state index in [1.165, 1.54) is 0 Å². The molecule has 3 heterocycles. The van der Waals surface area contributed by atoms with Crippen molar-refractivity contribution < 1.29 is 18.3 Å². The standard InChI is InChI=1S/C26H25ClN4O4S/c1-4-36(33,34)29-22-12-16(21-15-30(2)25-19(21)7-9-28-26(25)32)13-23-20(22)8-10-31(23)14-17-11-18(27)5-6-24(17)35-3/h5-13,15,29H,4,14H2,1-3H3,(H,28,32). The molecule has 186 valence electrons. The Kier molecular flexibility index (Phi) is 6.05. The summed E-state index contributed by atoms with van der Waals surface area (Å²) in [7, 11) is -0.0787. The maximum Gasteiger partial charge on any atom is 0.236 e. The molecule has 0 aliphatic heterocycles. The van der Waals surface area contributed by atoms with Gasteiger partial charge in [-0.05, 0) is 55.0 Å². The molecule has 0 aliphatic carbocycles. The molecule has 0 bridgehead atoms. The third-order valence-electron chi connectivity index (χ3n) is 6.30. The summed E-state index contributed by atoms with van der Waals surface area (Å²) in [6, 6.07) is 13.0. The first-order valence-electron chi connectivity index (χ1n) is 11.3. The normalized spacial score (nSPS) is 11.9. The zero-order valence-corrected chi connectivity index (χ0v) is 21.6. The van der Waals surface area contributed by atoms with Crippen molar-refractivity contribution in [3.63, 3.8) is 0 Å². The fourth-order valence-electron chi connectivity index (χ4n) is 4.53. The number of benzene rings is 2. The second kappa shape index (κ2) is 9.07. The lowest BCUT2D eigenvalue weighted by Gasteiger charge is -2.14. The number of hydrogen-bond donors (Lipinski definition) is 2. The highest BCUT2D eigenvalue weighted by Crippen LogP contribution is 2.38. The summed E-state index contributed by atoms with van der Waals surface area (Å²) in [5.74, 6) is 0.597. The predicted octanol–water partition coefficient (Wildman–Crippen LogP) is 5.37. The Balaban J connectivity index is 1.74. The Bertz CT molecular complexity index is 1720. The van der Waals surface area contributed by atoms with E-state index in [1.54, 1.807) is 26.3 Å². The first kappa shape index (κ1) is 24.0. The highest BCUT2D eigenvalue weighted by Gasteiger charge is 2.18. The summed E-state index contributed by atoms with van der Waals surface area (Å²) in [6.45, 7) is 2.07. The van der Waals surface area contributed by atoms with Gasteiger partial charge < -0.3 is 19.0 Å². The van der Waals surface area contributed by atoms with Gasteiger partial charge in [-0.15, -0.1) is 0 Å². The molecule has 5 rings (SSSR count). The average Bonchev–Trinajstić information content (AvgIpc) is 3.41. The van der Waals surface area contributed by atoms with E-state index in [4.69, 9.17) is 16.3 Å². The van der Waals surface area contributed by atoms with Crippen LogP contribution in [0, 0.1) is 0 Å². The van der Waals surface area contributed by atoms with Gasteiger partial charge in [-0.25, -0.2) is 13.4 Å². The summed E-state index contributed by atoms with van der Waals surface area (Å²) in [5, 5.41) is 12.5. The topological polar surface area (TPSA) is 98.4 Å². The van der Waals surface area contributed by atoms with Crippen molar-refractivity contribution in [2.24, 2.45) is 7.05 Å². The van der Waals surface area contributed by atoms with Gasteiger partial charge in [-0.3, -0.25) is 4.72 Å². The highest BCUT2D eigenvalue weighted by molar-refractivity contribution is 7.92. The second-order valence-corrected chi connectivity index (χ2v) is 11.0. The van der Waals surface area contributed by atoms with Crippen molar-refractivity contribution >= 4 is 49.1 Å². The van der Waals surface area contributed by atoms with Crippen LogP contribution in [0.2, 0.25) is 5.02 Å². The van der Waals surface area contributed by atoms with Crippen LogP contribution in [-0.2, 0) is 23.6 Å². The largest absolute Gasteiger partial charge is 0.496 e. The molecule has 0 amide bonds. The van der Waals surface area contributed by atoms with Gasteiger partial charge in [0.25, 0.3) is 0 Å². The van der Waals surface area contributed by atoms with E-state index in [0.717, 1.165) is 33.0 Å². The Hall–Kier alpha value is -3.69. The van der Waals surface area contributed by atoms with Gasteiger partial charge in [0.2, 0.25) is 15.9 Å². The highest BCUT2D eigenvalue weighted by atomic mass is 35.5. The molecule has 0 spiro atoms. The van der Waals surface area contributed by atoms with E-state index in [2.05, 4.69) is 9.71 Å². The van der Waals surface area contributed by atoms with Crippen LogP contribution in [0.1, 0.15) is 12.5 Å². The zero-order valence-electron chi connectivity index (χ0n) is 20.0. The van der Waals surface area contributed by atoms with E-state index in [1.807, 2.05) is 65.0 Å². The number of nitrogens with one attached hydrogen (secondary N) is 1. The van der Waals surface area contributed by atoms with Crippen molar-refractivity contribution in [2.45, 2.75) is 13.5 Å². The quantitative estimate of drug-likeness (QED) is 0.298. The van der Waals surface area contributed by atoms with Gasteiger partial charge in [0.1, 0.15) is 11.3 Å². The van der Waals surface area contributed by atoms with Crippen LogP contribution in [-0.4, -0.2) is 40.5 Å². The Morgan fingerprint density at radius 3 is 2.69 bits per heavy atom. The molecule has 8 nitrogen and oxygen atoms in total. The predicted molar refractivity (Wildman–Crippen MR) is 144 cm³/mol. The SMILES string of the molecule is CCS(=O)(=O)Nc1cc(-c2cn(C)c3c(O)nccc23)cc2c1ccn2Cc1cc(Cl)ccc1OC. The lowest BCUT2D eigenvalue weighted by Crippen LogP contribution is -2.14. The van der Waals surface area contributed by atoms with E-state index in [0.29, 0.717) is 28.5 Å². The number of fused-ring (bicyclic) bond motifs is 2. The molecular weight excluding hydrogens is 500 g/mol. The van der Waals surface area contributed by atoms with Crippen LogP contribution in [0.25, 0.3) is 32.9 Å². The number of ether oxygens (including phenoxy) is 1. The molecule has 0 aliphatic rings. The van der Waals surface area contributed by atoms with Crippen molar-refractivity contribution in [3.8, 4) is 22.8 Å². The Morgan fingerprint density at radius 1 is 1.14 bits per heavy atom. The van der Waals surface area contributed by atoms with Gasteiger partial charge in [0.15, 0.2) is 0 Å².